The van der Waals surface area contributed by atoms with E-state index in [9.17, 15) is 9.59 Å². The molecular weight excluding hydrogens is 550 g/mol. The predicted molar refractivity (Wildman–Crippen MR) is 135 cm³/mol. The highest BCUT2D eigenvalue weighted by molar-refractivity contribution is 8.16. The second-order valence-electron chi connectivity index (χ2n) is 6.51. The monoisotopic (exact) mass is 564 g/mol. The summed E-state index contributed by atoms with van der Waals surface area (Å²) >= 11 is 28.4. The molecule has 1 heterocycles. The van der Waals surface area contributed by atoms with Crippen molar-refractivity contribution in [3.63, 3.8) is 0 Å². The first-order valence-corrected chi connectivity index (χ1v) is 12.9. The molecule has 0 aliphatic heterocycles. The van der Waals surface area contributed by atoms with E-state index in [1.165, 1.54) is 6.20 Å². The summed E-state index contributed by atoms with van der Waals surface area (Å²) < 4.78 is 6.31. The number of halogens is 4. The number of benzene rings is 2. The summed E-state index contributed by atoms with van der Waals surface area (Å²) in [6.07, 6.45) is 3.02. The van der Waals surface area contributed by atoms with E-state index in [1.54, 1.807) is 70.7 Å². The van der Waals surface area contributed by atoms with Crippen LogP contribution in [0.4, 0.5) is 0 Å². The Balaban J connectivity index is 1.79. The zero-order valence-electron chi connectivity index (χ0n) is 16.7. The van der Waals surface area contributed by atoms with E-state index in [2.05, 4.69) is 4.98 Å². The van der Waals surface area contributed by atoms with Gasteiger partial charge in [0.05, 0.1) is 4.58 Å². The average Bonchev–Trinajstić information content (AvgIpc) is 3.19. The van der Waals surface area contributed by atoms with Gasteiger partial charge in [-0.1, -0.05) is 58.5 Å². The van der Waals surface area contributed by atoms with E-state index >= 15 is 0 Å². The smallest absolute Gasteiger partial charge is 0.425 e. The Morgan fingerprint density at radius 2 is 1.42 bits per heavy atom. The molecule has 33 heavy (non-hydrogen) atoms. The number of ether oxygens (including phenoxy) is 1. The van der Waals surface area contributed by atoms with Gasteiger partial charge in [0.2, 0.25) is 0 Å². The maximum absolute atomic E-state index is 11.5. The molecule has 3 aromatic rings. The molecular formula is C21H16Cl4N2O4S2. The molecule has 0 atom stereocenters. The Morgan fingerprint density at radius 1 is 0.939 bits per heavy atom. The number of carbonyl (C=O) groups is 2. The number of imidazole rings is 1. The van der Waals surface area contributed by atoms with E-state index < -0.39 is 11.9 Å². The number of thioether (sulfide) groups is 2. The molecule has 0 amide bonds. The molecule has 174 valence electrons. The van der Waals surface area contributed by atoms with Crippen LogP contribution in [-0.2, 0) is 27.6 Å². The molecule has 2 aromatic carbocycles. The Bertz CT molecular complexity index is 1060. The molecule has 0 unspecified atom stereocenters. The number of aliphatic carboxylic acids is 1. The van der Waals surface area contributed by atoms with Gasteiger partial charge >= 0.3 is 17.9 Å². The molecule has 0 spiro atoms. The van der Waals surface area contributed by atoms with Crippen molar-refractivity contribution >= 4 is 81.9 Å². The molecule has 0 fully saturated rings. The number of aromatic nitrogens is 2. The number of rotatable bonds is 9. The summed E-state index contributed by atoms with van der Waals surface area (Å²) in [6.45, 7) is 0.349. The van der Waals surface area contributed by atoms with Crippen molar-refractivity contribution in [2.75, 3.05) is 0 Å². The lowest BCUT2D eigenvalue weighted by Gasteiger charge is -2.19. The number of carboxylic acids is 1. The molecule has 3 rings (SSSR count). The number of nitrogens with zero attached hydrogens (tertiary/aromatic N) is 2. The molecule has 1 N–H and O–H groups in total. The van der Waals surface area contributed by atoms with Gasteiger partial charge in [0.1, 0.15) is 0 Å². The van der Waals surface area contributed by atoms with Crippen molar-refractivity contribution in [1.82, 2.24) is 9.55 Å². The average molecular weight is 566 g/mol. The predicted octanol–water partition coefficient (Wildman–Crippen LogP) is 6.68. The Kier molecular flexibility index (Phi) is 9.67. The van der Waals surface area contributed by atoms with Crippen molar-refractivity contribution in [3.8, 4) is 6.01 Å². The van der Waals surface area contributed by atoms with Gasteiger partial charge in [0.25, 0.3) is 0 Å². The third kappa shape index (κ3) is 7.21. The van der Waals surface area contributed by atoms with Crippen LogP contribution in [0.15, 0.2) is 48.8 Å². The topological polar surface area (TPSA) is 81.4 Å². The van der Waals surface area contributed by atoms with Crippen LogP contribution >= 0.6 is 69.9 Å². The second kappa shape index (κ2) is 12.2. The van der Waals surface area contributed by atoms with Crippen LogP contribution in [0.3, 0.4) is 0 Å². The Hall–Kier alpha value is -1.55. The first kappa shape index (κ1) is 26.1. The van der Waals surface area contributed by atoms with Gasteiger partial charge in [0.15, 0.2) is 0 Å². The largest absolute Gasteiger partial charge is 0.473 e. The fourth-order valence-corrected chi connectivity index (χ4v) is 6.70. The molecule has 12 heteroatoms. The second-order valence-corrected chi connectivity index (χ2v) is 10.8. The lowest BCUT2D eigenvalue weighted by Crippen LogP contribution is -2.22. The molecule has 0 bridgehead atoms. The van der Waals surface area contributed by atoms with Gasteiger partial charge in [-0.15, -0.1) is 23.5 Å². The summed E-state index contributed by atoms with van der Waals surface area (Å²) in [5.74, 6) is -2.08. The quantitative estimate of drug-likeness (QED) is 0.176. The molecule has 1 aromatic heterocycles. The number of carboxylic acid groups (broad SMARTS) is 1. The van der Waals surface area contributed by atoms with Crippen LogP contribution in [0.25, 0.3) is 0 Å². The van der Waals surface area contributed by atoms with E-state index in [4.69, 9.17) is 56.2 Å². The minimum atomic E-state index is -1.70. The van der Waals surface area contributed by atoms with E-state index in [0.717, 1.165) is 11.1 Å². The SMILES string of the molecule is O=C(O)C(=O)Oc1nccn1CC(SCc1c(Cl)cccc1Cl)SCc1c(Cl)cccc1Cl. The fraction of sp³-hybridized carbons (Fsp3) is 0.190. The van der Waals surface area contributed by atoms with Crippen molar-refractivity contribution in [1.29, 1.82) is 0 Å². The number of hydrogen-bond donors (Lipinski definition) is 1. The highest BCUT2D eigenvalue weighted by Crippen LogP contribution is 2.37. The third-order valence-electron chi connectivity index (χ3n) is 4.33. The maximum Gasteiger partial charge on any atom is 0.425 e. The summed E-state index contributed by atoms with van der Waals surface area (Å²) in [4.78, 5) is 26.2. The molecule has 0 aliphatic rings. The van der Waals surface area contributed by atoms with Gasteiger partial charge in [0, 0.05) is 50.5 Å². The highest BCUT2D eigenvalue weighted by atomic mass is 35.5. The minimum Gasteiger partial charge on any atom is -0.473 e. The fourth-order valence-electron chi connectivity index (χ4n) is 2.67. The first-order valence-electron chi connectivity index (χ1n) is 9.31. The van der Waals surface area contributed by atoms with Gasteiger partial charge < -0.3 is 9.84 Å². The third-order valence-corrected chi connectivity index (χ3v) is 8.52. The normalized spacial score (nSPS) is 11.1. The number of esters is 1. The standard InChI is InChI=1S/C21H16Cl4N2O4S2/c22-14-3-1-4-15(23)12(14)10-32-18(33-11-13-16(24)5-2-6-17(13)25)9-27-8-7-26-21(27)31-20(30)19(28)29/h1-8,18H,9-11H2,(H,28,29). The van der Waals surface area contributed by atoms with E-state index in [0.29, 0.717) is 38.1 Å². The minimum absolute atomic E-state index is 0.110. The van der Waals surface area contributed by atoms with Crippen LogP contribution in [0, 0.1) is 0 Å². The molecule has 0 saturated carbocycles. The highest BCUT2D eigenvalue weighted by Gasteiger charge is 2.21. The zero-order chi connectivity index (χ0) is 24.0. The van der Waals surface area contributed by atoms with Crippen molar-refractivity contribution in [2.24, 2.45) is 0 Å². The zero-order valence-corrected chi connectivity index (χ0v) is 21.4. The van der Waals surface area contributed by atoms with Crippen LogP contribution in [0.1, 0.15) is 11.1 Å². The van der Waals surface area contributed by atoms with Crippen LogP contribution in [0.2, 0.25) is 20.1 Å². The number of hydrogen-bond acceptors (Lipinski definition) is 6. The van der Waals surface area contributed by atoms with Gasteiger partial charge in [-0.3, -0.25) is 4.57 Å². The summed E-state index contributed by atoms with van der Waals surface area (Å²) in [5.41, 5.74) is 1.60. The van der Waals surface area contributed by atoms with E-state index in [1.807, 2.05) is 0 Å². The Morgan fingerprint density at radius 3 is 1.88 bits per heavy atom. The summed E-state index contributed by atoms with van der Waals surface area (Å²) in [7, 11) is 0. The van der Waals surface area contributed by atoms with Crippen molar-refractivity contribution < 1.29 is 19.4 Å². The van der Waals surface area contributed by atoms with E-state index in [-0.39, 0.29) is 10.6 Å². The molecule has 0 aliphatic carbocycles. The summed E-state index contributed by atoms with van der Waals surface area (Å²) in [5, 5.41) is 11.1. The number of carbonyl (C=O) groups excluding carboxylic acids is 1. The van der Waals surface area contributed by atoms with Crippen LogP contribution < -0.4 is 4.74 Å². The van der Waals surface area contributed by atoms with Crippen LogP contribution in [0.5, 0.6) is 6.01 Å². The van der Waals surface area contributed by atoms with Gasteiger partial charge in [-0.2, -0.15) is 0 Å². The Labute approximate surface area is 218 Å². The lowest BCUT2D eigenvalue weighted by atomic mass is 10.2. The molecule has 0 saturated heterocycles. The summed E-state index contributed by atoms with van der Waals surface area (Å²) in [6, 6.07) is 10.5. The first-order chi connectivity index (χ1) is 15.8. The molecule has 0 radical (unpaired) electrons. The molecule has 6 nitrogen and oxygen atoms in total. The van der Waals surface area contributed by atoms with Crippen molar-refractivity contribution in [2.45, 2.75) is 22.6 Å². The van der Waals surface area contributed by atoms with Crippen LogP contribution in [-0.4, -0.2) is 31.2 Å². The van der Waals surface area contributed by atoms with Gasteiger partial charge in [-0.05, 0) is 35.4 Å². The van der Waals surface area contributed by atoms with Gasteiger partial charge in [-0.25, -0.2) is 14.6 Å². The van der Waals surface area contributed by atoms with Crippen molar-refractivity contribution in [3.05, 3.63) is 80.0 Å². The maximum atomic E-state index is 11.5. The lowest BCUT2D eigenvalue weighted by molar-refractivity contribution is -0.158.